The van der Waals surface area contributed by atoms with Crippen LogP contribution < -0.4 is 10.6 Å². The topological polar surface area (TPSA) is 74.3 Å². The van der Waals surface area contributed by atoms with E-state index < -0.39 is 0 Å². The molecular weight excluding hydrogens is 420 g/mol. The molecule has 1 unspecified atom stereocenters. The normalized spacial score (nSPS) is 14.6. The second-order valence-electron chi connectivity index (χ2n) is 7.38. The number of hydrogen-bond donors (Lipinski definition) is 2. The molecule has 1 saturated carbocycles. The summed E-state index contributed by atoms with van der Waals surface area (Å²) >= 11 is 3.31. The Labute approximate surface area is 173 Å². The molecule has 1 fully saturated rings. The van der Waals surface area contributed by atoms with Crippen molar-refractivity contribution in [2.45, 2.75) is 25.8 Å². The van der Waals surface area contributed by atoms with Crippen molar-refractivity contribution in [1.29, 1.82) is 0 Å². The minimum atomic E-state index is -0.206. The second-order valence-corrected chi connectivity index (χ2v) is 8.29. The second kappa shape index (κ2) is 9.30. The molecule has 0 aliphatic heterocycles. The third kappa shape index (κ3) is 6.14. The molecule has 1 aromatic carbocycles. The number of likely N-dealkylation sites (N-methyl/N-ethyl adjacent to an activating group) is 1. The summed E-state index contributed by atoms with van der Waals surface area (Å²) in [5.41, 5.74) is 2.35. The summed E-state index contributed by atoms with van der Waals surface area (Å²) in [4.78, 5) is 30.5. The highest BCUT2D eigenvalue weighted by atomic mass is 79.9. The molecule has 0 radical (unpaired) electrons. The molecule has 1 aliphatic rings. The maximum absolute atomic E-state index is 12.5. The van der Waals surface area contributed by atoms with E-state index in [1.54, 1.807) is 24.2 Å². The average molecular weight is 445 g/mol. The first-order valence-electron chi connectivity index (χ1n) is 9.36. The van der Waals surface area contributed by atoms with Crippen LogP contribution in [0.25, 0.3) is 0 Å². The van der Waals surface area contributed by atoms with Gasteiger partial charge in [-0.1, -0.05) is 29.8 Å². The van der Waals surface area contributed by atoms with E-state index in [4.69, 9.17) is 0 Å². The molecule has 2 aromatic rings. The van der Waals surface area contributed by atoms with Crippen LogP contribution in [0.5, 0.6) is 0 Å². The van der Waals surface area contributed by atoms with E-state index in [1.165, 1.54) is 5.56 Å². The lowest BCUT2D eigenvalue weighted by Gasteiger charge is -2.21. The third-order valence-corrected chi connectivity index (χ3v) is 5.14. The highest BCUT2D eigenvalue weighted by Crippen LogP contribution is 2.41. The van der Waals surface area contributed by atoms with Gasteiger partial charge in [-0.25, -0.2) is 4.98 Å². The number of amides is 2. The molecule has 1 heterocycles. The van der Waals surface area contributed by atoms with Crippen molar-refractivity contribution in [2.24, 2.45) is 5.92 Å². The molecule has 2 amide bonds. The fourth-order valence-electron chi connectivity index (χ4n) is 3.07. The van der Waals surface area contributed by atoms with Crippen molar-refractivity contribution in [1.82, 2.24) is 15.2 Å². The summed E-state index contributed by atoms with van der Waals surface area (Å²) in [6.45, 7) is 2.33. The molecule has 2 N–H and O–H groups in total. The monoisotopic (exact) mass is 444 g/mol. The number of aromatic nitrogens is 1. The Morgan fingerprint density at radius 3 is 2.43 bits per heavy atom. The SMILES string of the molecule is Cc1ccc(C(NC(=O)CN(C)CC(=O)Nc2ccc(Br)cn2)C2CC2)cc1. The first-order valence-corrected chi connectivity index (χ1v) is 10.2. The predicted octanol–water partition coefficient (Wildman–Crippen LogP) is 3.29. The zero-order valence-electron chi connectivity index (χ0n) is 16.1. The van der Waals surface area contributed by atoms with Crippen LogP contribution in [0.3, 0.4) is 0 Å². The molecule has 0 saturated heterocycles. The standard InChI is InChI=1S/C21H25BrN4O2/c1-14-3-5-15(6-4-14)21(16-7-8-16)25-20(28)13-26(2)12-19(27)24-18-10-9-17(22)11-23-18/h3-6,9-11,16,21H,7-8,12-13H2,1-2H3,(H,25,28)(H,23,24,27). The maximum atomic E-state index is 12.5. The number of nitrogens with zero attached hydrogens (tertiary/aromatic N) is 2. The Kier molecular flexibility index (Phi) is 6.80. The number of halogens is 1. The van der Waals surface area contributed by atoms with Crippen LogP contribution >= 0.6 is 15.9 Å². The van der Waals surface area contributed by atoms with E-state index in [9.17, 15) is 9.59 Å². The number of benzene rings is 1. The van der Waals surface area contributed by atoms with Gasteiger partial charge < -0.3 is 10.6 Å². The molecule has 1 aliphatic carbocycles. The molecule has 1 aromatic heterocycles. The van der Waals surface area contributed by atoms with E-state index in [1.807, 2.05) is 6.07 Å². The van der Waals surface area contributed by atoms with Gasteiger partial charge in [0.25, 0.3) is 0 Å². The van der Waals surface area contributed by atoms with Gasteiger partial charge in [-0.05, 0) is 66.4 Å². The number of hydrogen-bond acceptors (Lipinski definition) is 4. The number of carbonyl (C=O) groups is 2. The van der Waals surface area contributed by atoms with Crippen LogP contribution in [0.2, 0.25) is 0 Å². The quantitative estimate of drug-likeness (QED) is 0.654. The van der Waals surface area contributed by atoms with E-state index in [2.05, 4.69) is 62.7 Å². The lowest BCUT2D eigenvalue weighted by molar-refractivity contribution is -0.123. The zero-order valence-corrected chi connectivity index (χ0v) is 17.7. The Hall–Kier alpha value is -2.25. The summed E-state index contributed by atoms with van der Waals surface area (Å²) in [5, 5.41) is 5.87. The van der Waals surface area contributed by atoms with Gasteiger partial charge >= 0.3 is 0 Å². The van der Waals surface area contributed by atoms with Crippen LogP contribution in [0, 0.1) is 12.8 Å². The van der Waals surface area contributed by atoms with Crippen LogP contribution in [-0.4, -0.2) is 41.8 Å². The molecule has 6 nitrogen and oxygen atoms in total. The van der Waals surface area contributed by atoms with Gasteiger partial charge in [0.05, 0.1) is 19.1 Å². The Balaban J connectivity index is 1.49. The highest BCUT2D eigenvalue weighted by Gasteiger charge is 2.33. The molecule has 1 atom stereocenters. The van der Waals surface area contributed by atoms with E-state index in [0.717, 1.165) is 22.9 Å². The Bertz CT molecular complexity index is 819. The van der Waals surface area contributed by atoms with Crippen molar-refractivity contribution in [3.05, 3.63) is 58.2 Å². The van der Waals surface area contributed by atoms with Gasteiger partial charge in [0.2, 0.25) is 11.8 Å². The Morgan fingerprint density at radius 1 is 1.14 bits per heavy atom. The van der Waals surface area contributed by atoms with Crippen molar-refractivity contribution < 1.29 is 9.59 Å². The van der Waals surface area contributed by atoms with Crippen molar-refractivity contribution in [3.8, 4) is 0 Å². The number of pyridine rings is 1. The summed E-state index contributed by atoms with van der Waals surface area (Å²) in [5.74, 6) is 0.708. The lowest BCUT2D eigenvalue weighted by atomic mass is 10.0. The minimum Gasteiger partial charge on any atom is -0.348 e. The number of aryl methyl sites for hydroxylation is 1. The first-order chi connectivity index (χ1) is 13.4. The summed E-state index contributed by atoms with van der Waals surface area (Å²) in [6, 6.07) is 11.9. The third-order valence-electron chi connectivity index (χ3n) is 4.67. The van der Waals surface area contributed by atoms with Gasteiger partial charge in [0.15, 0.2) is 0 Å². The van der Waals surface area contributed by atoms with Gasteiger partial charge in [-0.3, -0.25) is 14.5 Å². The maximum Gasteiger partial charge on any atom is 0.239 e. The summed E-state index contributed by atoms with van der Waals surface area (Å²) in [6.07, 6.45) is 3.89. The summed E-state index contributed by atoms with van der Waals surface area (Å²) in [7, 11) is 1.76. The van der Waals surface area contributed by atoms with E-state index in [-0.39, 0.29) is 30.9 Å². The minimum absolute atomic E-state index is 0.0438. The van der Waals surface area contributed by atoms with Gasteiger partial charge in [0, 0.05) is 10.7 Å². The Morgan fingerprint density at radius 2 is 1.82 bits per heavy atom. The van der Waals surface area contributed by atoms with Crippen LogP contribution in [0.4, 0.5) is 5.82 Å². The molecule has 28 heavy (non-hydrogen) atoms. The van der Waals surface area contributed by atoms with Gasteiger partial charge in [-0.2, -0.15) is 0 Å². The van der Waals surface area contributed by atoms with Crippen molar-refractivity contribution >= 4 is 33.6 Å². The average Bonchev–Trinajstić information content (AvgIpc) is 3.47. The molecule has 7 heteroatoms. The van der Waals surface area contributed by atoms with Crippen LogP contribution in [0.1, 0.15) is 30.0 Å². The van der Waals surface area contributed by atoms with Crippen molar-refractivity contribution in [2.75, 3.05) is 25.5 Å². The molecule has 3 rings (SSSR count). The molecule has 148 valence electrons. The fraction of sp³-hybridized carbons (Fsp3) is 0.381. The zero-order chi connectivity index (χ0) is 20.1. The first kappa shape index (κ1) is 20.5. The molecule has 0 bridgehead atoms. The van der Waals surface area contributed by atoms with Crippen LogP contribution in [0.15, 0.2) is 47.1 Å². The van der Waals surface area contributed by atoms with E-state index >= 15 is 0 Å². The fourth-order valence-corrected chi connectivity index (χ4v) is 3.31. The van der Waals surface area contributed by atoms with Gasteiger partial charge in [-0.15, -0.1) is 0 Å². The van der Waals surface area contributed by atoms with Crippen LogP contribution in [-0.2, 0) is 9.59 Å². The van der Waals surface area contributed by atoms with Gasteiger partial charge in [0.1, 0.15) is 5.82 Å². The summed E-state index contributed by atoms with van der Waals surface area (Å²) < 4.78 is 0.845. The highest BCUT2D eigenvalue weighted by molar-refractivity contribution is 9.10. The number of rotatable bonds is 8. The number of carbonyl (C=O) groups excluding carboxylic acids is 2. The predicted molar refractivity (Wildman–Crippen MR) is 113 cm³/mol. The number of nitrogens with one attached hydrogen (secondary N) is 2. The lowest BCUT2D eigenvalue weighted by Crippen LogP contribution is -2.40. The largest absolute Gasteiger partial charge is 0.348 e. The van der Waals surface area contributed by atoms with E-state index in [0.29, 0.717) is 11.7 Å². The molecule has 0 spiro atoms. The van der Waals surface area contributed by atoms with Crippen molar-refractivity contribution in [3.63, 3.8) is 0 Å². The number of anilines is 1. The molecular formula is C21H25BrN4O2. The smallest absolute Gasteiger partial charge is 0.239 e.